The maximum absolute atomic E-state index is 12.4. The van der Waals surface area contributed by atoms with Crippen LogP contribution in [-0.2, 0) is 14.4 Å². The summed E-state index contributed by atoms with van der Waals surface area (Å²) in [7, 11) is 1.57. The van der Waals surface area contributed by atoms with Crippen molar-refractivity contribution in [2.75, 3.05) is 26.7 Å². The Bertz CT molecular complexity index is 558. The molecule has 1 atom stereocenters. The average molecular weight is 304 g/mol. The molecule has 3 amide bonds. The number of nitrogens with one attached hydrogen (secondary N) is 1. The summed E-state index contributed by atoms with van der Waals surface area (Å²) in [4.78, 5) is 39.4. The Hall–Kier alpha value is -2.10. The predicted molar refractivity (Wildman–Crippen MR) is 76.2 cm³/mol. The van der Waals surface area contributed by atoms with E-state index in [1.807, 2.05) is 0 Å². The van der Waals surface area contributed by atoms with Crippen LogP contribution >= 0.6 is 0 Å². The van der Waals surface area contributed by atoms with Gasteiger partial charge in [-0.05, 0) is 19.3 Å². The van der Waals surface area contributed by atoms with Crippen LogP contribution in [0.5, 0.6) is 0 Å². The number of carbonyl (C=O) groups is 3. The second kappa shape index (κ2) is 5.27. The molecule has 1 unspecified atom stereocenters. The van der Waals surface area contributed by atoms with Gasteiger partial charge in [0.1, 0.15) is 5.41 Å². The van der Waals surface area contributed by atoms with Crippen LogP contribution < -0.4 is 5.32 Å². The molecule has 118 valence electrons. The number of likely N-dealkylation sites (tertiary alicyclic amines) is 2. The van der Waals surface area contributed by atoms with Crippen LogP contribution in [0.25, 0.3) is 0 Å². The van der Waals surface area contributed by atoms with Crippen LogP contribution in [0.2, 0.25) is 0 Å². The highest BCUT2D eigenvalue weighted by Crippen LogP contribution is 2.43. The predicted octanol–water partition coefficient (Wildman–Crippen LogP) is -0.514. The molecule has 2 heterocycles. The van der Waals surface area contributed by atoms with E-state index in [0.717, 1.165) is 6.42 Å². The van der Waals surface area contributed by atoms with Gasteiger partial charge in [0.05, 0.1) is 18.0 Å². The molecule has 0 aromatic carbocycles. The van der Waals surface area contributed by atoms with Gasteiger partial charge < -0.3 is 15.1 Å². The van der Waals surface area contributed by atoms with E-state index in [2.05, 4.69) is 11.4 Å². The normalized spacial score (nSPS) is 26.9. The smallest absolute Gasteiger partial charge is 0.243 e. The number of hydrogen-bond acceptors (Lipinski definition) is 4. The van der Waals surface area contributed by atoms with Crippen molar-refractivity contribution >= 4 is 17.7 Å². The molecule has 2 aliphatic heterocycles. The van der Waals surface area contributed by atoms with Crippen molar-refractivity contribution in [3.63, 3.8) is 0 Å². The van der Waals surface area contributed by atoms with Crippen molar-refractivity contribution < 1.29 is 14.4 Å². The van der Waals surface area contributed by atoms with Gasteiger partial charge in [0.15, 0.2) is 0 Å². The van der Waals surface area contributed by atoms with Crippen molar-refractivity contribution in [2.24, 2.45) is 11.3 Å². The van der Waals surface area contributed by atoms with Crippen LogP contribution in [0.4, 0.5) is 0 Å². The third kappa shape index (κ3) is 2.14. The Balaban J connectivity index is 1.56. The van der Waals surface area contributed by atoms with E-state index in [1.165, 1.54) is 0 Å². The molecule has 3 fully saturated rings. The van der Waals surface area contributed by atoms with Crippen LogP contribution in [0.3, 0.4) is 0 Å². The summed E-state index contributed by atoms with van der Waals surface area (Å²) < 4.78 is 0. The molecule has 0 aromatic heterocycles. The van der Waals surface area contributed by atoms with E-state index in [-0.39, 0.29) is 36.1 Å². The number of nitriles is 1. The summed E-state index contributed by atoms with van der Waals surface area (Å²) in [6, 6.07) is 2.15. The van der Waals surface area contributed by atoms with E-state index >= 15 is 0 Å². The van der Waals surface area contributed by atoms with Gasteiger partial charge in [-0.3, -0.25) is 14.4 Å². The Morgan fingerprint density at radius 3 is 2.50 bits per heavy atom. The first-order valence-electron chi connectivity index (χ1n) is 7.72. The molecule has 0 aromatic rings. The molecule has 3 aliphatic rings. The summed E-state index contributed by atoms with van der Waals surface area (Å²) in [5.74, 6) is -0.517. The first kappa shape index (κ1) is 14.8. The number of amides is 3. The second-order valence-corrected chi connectivity index (χ2v) is 6.47. The SMILES string of the molecule is CNC(=O)C1CC(=O)N(C2CN(C(=O)C3(C#N)CCC3)C2)C1. The Morgan fingerprint density at radius 2 is 2.00 bits per heavy atom. The molecule has 2 saturated heterocycles. The molecular weight excluding hydrogens is 284 g/mol. The maximum atomic E-state index is 12.4. The Kier molecular flexibility index (Phi) is 3.55. The van der Waals surface area contributed by atoms with Gasteiger partial charge in [-0.2, -0.15) is 5.26 Å². The Labute approximate surface area is 129 Å². The van der Waals surface area contributed by atoms with Crippen LogP contribution in [0, 0.1) is 22.7 Å². The quantitative estimate of drug-likeness (QED) is 0.759. The van der Waals surface area contributed by atoms with E-state index in [1.54, 1.807) is 16.8 Å². The largest absolute Gasteiger partial charge is 0.359 e. The van der Waals surface area contributed by atoms with Crippen LogP contribution in [0.1, 0.15) is 25.7 Å². The fourth-order valence-electron chi connectivity index (χ4n) is 3.49. The Morgan fingerprint density at radius 1 is 1.32 bits per heavy atom. The van der Waals surface area contributed by atoms with Crippen molar-refractivity contribution in [2.45, 2.75) is 31.7 Å². The lowest BCUT2D eigenvalue weighted by Crippen LogP contribution is -2.64. The summed E-state index contributed by atoms with van der Waals surface area (Å²) in [6.45, 7) is 1.39. The molecule has 1 saturated carbocycles. The minimum absolute atomic E-state index is 0.0121. The van der Waals surface area contributed by atoms with Gasteiger partial charge in [0.2, 0.25) is 17.7 Å². The summed E-state index contributed by atoms with van der Waals surface area (Å²) in [6.07, 6.45) is 2.46. The second-order valence-electron chi connectivity index (χ2n) is 6.47. The lowest BCUT2D eigenvalue weighted by Gasteiger charge is -2.48. The first-order chi connectivity index (χ1) is 10.5. The molecule has 7 heteroatoms. The third-order valence-electron chi connectivity index (χ3n) is 5.20. The van der Waals surface area contributed by atoms with Crippen LogP contribution in [-0.4, -0.2) is 60.2 Å². The minimum Gasteiger partial charge on any atom is -0.359 e. The highest BCUT2D eigenvalue weighted by atomic mass is 16.2. The number of rotatable bonds is 3. The van der Waals surface area contributed by atoms with Gasteiger partial charge in [-0.1, -0.05) is 0 Å². The zero-order valence-electron chi connectivity index (χ0n) is 12.7. The summed E-state index contributed by atoms with van der Waals surface area (Å²) in [5.41, 5.74) is -0.815. The molecule has 7 nitrogen and oxygen atoms in total. The van der Waals surface area contributed by atoms with Gasteiger partial charge in [-0.15, -0.1) is 0 Å². The molecular formula is C15H20N4O3. The first-order valence-corrected chi connectivity index (χ1v) is 7.72. The highest BCUT2D eigenvalue weighted by molar-refractivity contribution is 5.90. The third-order valence-corrected chi connectivity index (χ3v) is 5.20. The lowest BCUT2D eigenvalue weighted by molar-refractivity contribution is -0.153. The summed E-state index contributed by atoms with van der Waals surface area (Å²) >= 11 is 0. The lowest BCUT2D eigenvalue weighted by atomic mass is 9.68. The van der Waals surface area contributed by atoms with Gasteiger partial charge in [-0.25, -0.2) is 0 Å². The highest BCUT2D eigenvalue weighted by Gasteiger charge is 2.51. The monoisotopic (exact) mass is 304 g/mol. The summed E-state index contributed by atoms with van der Waals surface area (Å²) in [5, 5.41) is 11.8. The van der Waals surface area contributed by atoms with Crippen molar-refractivity contribution in [3.8, 4) is 6.07 Å². The molecule has 1 N–H and O–H groups in total. The van der Waals surface area contributed by atoms with Gasteiger partial charge >= 0.3 is 0 Å². The van der Waals surface area contributed by atoms with E-state index in [4.69, 9.17) is 0 Å². The maximum Gasteiger partial charge on any atom is 0.243 e. The fraction of sp³-hybridized carbons (Fsp3) is 0.733. The van der Waals surface area contributed by atoms with Gasteiger partial charge in [0.25, 0.3) is 0 Å². The minimum atomic E-state index is -0.815. The van der Waals surface area contributed by atoms with Crippen molar-refractivity contribution in [1.82, 2.24) is 15.1 Å². The van der Waals surface area contributed by atoms with Crippen molar-refractivity contribution in [3.05, 3.63) is 0 Å². The zero-order chi connectivity index (χ0) is 15.9. The van der Waals surface area contributed by atoms with E-state index in [0.29, 0.717) is 32.5 Å². The topological polar surface area (TPSA) is 93.5 Å². The van der Waals surface area contributed by atoms with E-state index < -0.39 is 5.41 Å². The molecule has 0 spiro atoms. The number of carbonyl (C=O) groups excluding carboxylic acids is 3. The van der Waals surface area contributed by atoms with Gasteiger partial charge in [0, 0.05) is 33.1 Å². The molecule has 3 rings (SSSR count). The zero-order valence-corrected chi connectivity index (χ0v) is 12.7. The molecule has 0 radical (unpaired) electrons. The molecule has 1 aliphatic carbocycles. The molecule has 22 heavy (non-hydrogen) atoms. The van der Waals surface area contributed by atoms with E-state index in [9.17, 15) is 19.6 Å². The van der Waals surface area contributed by atoms with Crippen molar-refractivity contribution in [1.29, 1.82) is 5.26 Å². The molecule has 0 bridgehead atoms. The number of nitrogens with zero attached hydrogens (tertiary/aromatic N) is 3. The standard InChI is InChI=1S/C15H20N4O3/c1-17-13(21)10-5-12(20)19(6-10)11-7-18(8-11)14(22)15(9-16)3-2-4-15/h10-11H,2-8H2,1H3,(H,17,21). The fourth-order valence-corrected chi connectivity index (χ4v) is 3.49. The van der Waals surface area contributed by atoms with Crippen LogP contribution in [0.15, 0.2) is 0 Å². The average Bonchev–Trinajstić information content (AvgIpc) is 2.78. The number of hydrogen-bond donors (Lipinski definition) is 1.